The van der Waals surface area contributed by atoms with Crippen molar-refractivity contribution in [2.45, 2.75) is 69.7 Å². The molecule has 1 unspecified atom stereocenters. The number of para-hydroxylation sites is 1. The van der Waals surface area contributed by atoms with Crippen molar-refractivity contribution in [3.8, 4) is 16.9 Å². The molecule has 0 spiro atoms. The molecule has 2 fully saturated rings. The maximum absolute atomic E-state index is 13.1. The molecule has 56 heavy (non-hydrogen) atoms. The standard InChI is InChI=1S/C45H51N5O6/c51-40-20-18-37(38-19-21-42(53)49-43(38)40)41(52)29-46-28-31-10-14-33(15-11-31)44(54)47-34-16-12-30(13-17-34)22-25-50-26-23-35(24-27-50)56-45(55)48-39-9-5-4-8-36(39)32-6-2-1-3-7-32/h1-11,14-15,18-21,30,34-35,41,46,51-52H,12-13,16-17,22-29H2,(H,47,54)(H,48,55)(H,49,53). The molecule has 2 aliphatic rings. The number of phenols is 1. The number of amides is 2. The SMILES string of the molecule is O=C(Nc1ccccc1-c1ccccc1)OC1CCN(CCC2CCC(NC(=O)c3ccc(CNCC(O)c4ccc(O)c5[nH]c(=O)ccc45)cc3)CC2)CC1. The maximum Gasteiger partial charge on any atom is 0.411 e. The number of aliphatic hydroxyl groups is 1. The third kappa shape index (κ3) is 10.0. The fourth-order valence-corrected chi connectivity index (χ4v) is 8.02. The van der Waals surface area contributed by atoms with E-state index in [0.29, 0.717) is 34.5 Å². The molecule has 11 heteroatoms. The van der Waals surface area contributed by atoms with Crippen LogP contribution < -0.4 is 21.5 Å². The number of phenolic OH excluding ortho intramolecular Hbond substituents is 1. The van der Waals surface area contributed by atoms with Gasteiger partial charge < -0.3 is 35.5 Å². The van der Waals surface area contributed by atoms with Crippen LogP contribution in [0.25, 0.3) is 22.0 Å². The quantitative estimate of drug-likeness (QED) is 0.0742. The van der Waals surface area contributed by atoms with Crippen molar-refractivity contribution in [3.05, 3.63) is 130 Å². The Bertz CT molecular complexity index is 2140. The number of piperidine rings is 1. The van der Waals surface area contributed by atoms with Crippen molar-refractivity contribution in [2.75, 3.05) is 31.5 Å². The summed E-state index contributed by atoms with van der Waals surface area (Å²) in [5, 5.41) is 31.0. The monoisotopic (exact) mass is 757 g/mol. The number of aromatic amines is 1. The Labute approximate surface area is 327 Å². The average Bonchev–Trinajstić information content (AvgIpc) is 3.22. The molecule has 11 nitrogen and oxygen atoms in total. The lowest BCUT2D eigenvalue weighted by Gasteiger charge is -2.34. The molecule has 0 bridgehead atoms. The molecule has 1 atom stereocenters. The van der Waals surface area contributed by atoms with Crippen molar-refractivity contribution in [1.29, 1.82) is 0 Å². The van der Waals surface area contributed by atoms with Gasteiger partial charge in [-0.3, -0.25) is 14.9 Å². The average molecular weight is 758 g/mol. The lowest BCUT2D eigenvalue weighted by atomic mass is 9.84. The molecule has 1 aromatic heterocycles. The van der Waals surface area contributed by atoms with Crippen molar-refractivity contribution in [2.24, 2.45) is 5.92 Å². The van der Waals surface area contributed by atoms with E-state index in [9.17, 15) is 24.6 Å². The largest absolute Gasteiger partial charge is 0.506 e. The van der Waals surface area contributed by atoms with Gasteiger partial charge in [0, 0.05) is 54.8 Å². The van der Waals surface area contributed by atoms with Gasteiger partial charge in [0.25, 0.3) is 5.91 Å². The van der Waals surface area contributed by atoms with Crippen molar-refractivity contribution in [3.63, 3.8) is 0 Å². The number of rotatable bonds is 13. The Balaban J connectivity index is 0.772. The third-order valence-corrected chi connectivity index (χ3v) is 11.2. The number of carbonyl (C=O) groups is 2. The van der Waals surface area contributed by atoms with Crippen molar-refractivity contribution >= 4 is 28.6 Å². The van der Waals surface area contributed by atoms with E-state index in [1.54, 1.807) is 12.1 Å². The minimum atomic E-state index is -0.848. The highest BCUT2D eigenvalue weighted by molar-refractivity contribution is 5.94. The number of benzene rings is 4. The van der Waals surface area contributed by atoms with Gasteiger partial charge in [0.1, 0.15) is 11.9 Å². The van der Waals surface area contributed by atoms with Crippen LogP contribution >= 0.6 is 0 Å². The van der Waals surface area contributed by atoms with Gasteiger partial charge in [-0.25, -0.2) is 4.79 Å². The third-order valence-electron chi connectivity index (χ3n) is 11.2. The number of H-pyrrole nitrogens is 1. The van der Waals surface area contributed by atoms with Crippen LogP contribution in [0.5, 0.6) is 5.75 Å². The van der Waals surface area contributed by atoms with Gasteiger partial charge in [-0.15, -0.1) is 0 Å². The van der Waals surface area contributed by atoms with Gasteiger partial charge in [-0.2, -0.15) is 0 Å². The highest BCUT2D eigenvalue weighted by atomic mass is 16.6. The summed E-state index contributed by atoms with van der Waals surface area (Å²) in [4.78, 5) is 42.7. The van der Waals surface area contributed by atoms with Gasteiger partial charge >= 0.3 is 6.09 Å². The highest BCUT2D eigenvalue weighted by Crippen LogP contribution is 2.31. The van der Waals surface area contributed by atoms with Crippen LogP contribution in [0.4, 0.5) is 10.5 Å². The normalized spacial score (nSPS) is 18.3. The number of nitrogens with one attached hydrogen (secondary N) is 4. The fourth-order valence-electron chi connectivity index (χ4n) is 8.02. The Morgan fingerprint density at radius 3 is 2.34 bits per heavy atom. The Kier molecular flexibility index (Phi) is 12.8. The lowest BCUT2D eigenvalue weighted by Crippen LogP contribution is -2.40. The number of aromatic hydroxyl groups is 1. The number of nitrogens with zero attached hydrogens (tertiary/aromatic N) is 1. The van der Waals surface area contributed by atoms with E-state index in [1.165, 1.54) is 12.1 Å². The predicted molar refractivity (Wildman–Crippen MR) is 219 cm³/mol. The first-order chi connectivity index (χ1) is 27.3. The topological polar surface area (TPSA) is 156 Å². The van der Waals surface area contributed by atoms with Crippen LogP contribution in [0, 0.1) is 5.92 Å². The number of likely N-dealkylation sites (tertiary alicyclic amines) is 1. The molecule has 2 amide bonds. The van der Waals surface area contributed by atoms with Crippen molar-refractivity contribution < 1.29 is 24.5 Å². The molecular weight excluding hydrogens is 707 g/mol. The second-order valence-corrected chi connectivity index (χ2v) is 15.1. The first-order valence-corrected chi connectivity index (χ1v) is 19.8. The molecule has 1 saturated heterocycles. The first kappa shape index (κ1) is 38.8. The van der Waals surface area contributed by atoms with Crippen LogP contribution in [-0.4, -0.2) is 70.4 Å². The molecular formula is C45H51N5O6. The Hall–Kier alpha value is -5.49. The molecule has 1 aliphatic heterocycles. The molecule has 6 N–H and O–H groups in total. The number of carbonyl (C=O) groups excluding carboxylic acids is 2. The molecule has 4 aromatic carbocycles. The minimum absolute atomic E-state index is 0.0451. The number of aliphatic hydroxyl groups excluding tert-OH is 1. The number of anilines is 1. The van der Waals surface area contributed by atoms with Crippen LogP contribution in [0.15, 0.2) is 108 Å². The maximum atomic E-state index is 13.1. The second kappa shape index (κ2) is 18.4. The van der Waals surface area contributed by atoms with Crippen LogP contribution in [-0.2, 0) is 11.3 Å². The van der Waals surface area contributed by atoms with E-state index in [1.807, 2.05) is 78.9 Å². The van der Waals surface area contributed by atoms with Gasteiger partial charge in [-0.1, -0.05) is 66.7 Å². The predicted octanol–water partition coefficient (Wildman–Crippen LogP) is 7.12. The molecule has 5 aromatic rings. The number of aromatic nitrogens is 1. The van der Waals surface area contributed by atoms with Crippen molar-refractivity contribution in [1.82, 2.24) is 20.5 Å². The van der Waals surface area contributed by atoms with E-state index >= 15 is 0 Å². The number of hydrogen-bond acceptors (Lipinski definition) is 8. The smallest absolute Gasteiger partial charge is 0.411 e. The number of fused-ring (bicyclic) bond motifs is 1. The summed E-state index contributed by atoms with van der Waals surface area (Å²) < 4.78 is 5.83. The number of ether oxygens (including phenoxy) is 1. The molecule has 292 valence electrons. The highest BCUT2D eigenvalue weighted by Gasteiger charge is 2.26. The van der Waals surface area contributed by atoms with E-state index in [0.717, 1.165) is 87.0 Å². The Morgan fingerprint density at radius 1 is 0.839 bits per heavy atom. The first-order valence-electron chi connectivity index (χ1n) is 19.8. The molecule has 0 radical (unpaired) electrons. The second-order valence-electron chi connectivity index (χ2n) is 15.1. The zero-order valence-corrected chi connectivity index (χ0v) is 31.6. The van der Waals surface area contributed by atoms with Gasteiger partial charge in [-0.05, 0) is 104 Å². The summed E-state index contributed by atoms with van der Waals surface area (Å²) in [7, 11) is 0. The molecule has 7 rings (SSSR count). The van der Waals surface area contributed by atoms with E-state index in [2.05, 4.69) is 25.8 Å². The summed E-state index contributed by atoms with van der Waals surface area (Å²) in [5.41, 5.74) is 4.95. The number of hydrogen-bond donors (Lipinski definition) is 6. The zero-order chi connectivity index (χ0) is 38.9. The molecule has 2 heterocycles. The minimum Gasteiger partial charge on any atom is -0.506 e. The summed E-state index contributed by atoms with van der Waals surface area (Å²) in [6, 6.07) is 31.6. The van der Waals surface area contributed by atoms with E-state index in [4.69, 9.17) is 4.74 Å². The van der Waals surface area contributed by atoms with E-state index < -0.39 is 12.2 Å². The summed E-state index contributed by atoms with van der Waals surface area (Å²) in [5.74, 6) is 0.547. The zero-order valence-electron chi connectivity index (χ0n) is 31.6. The number of pyridine rings is 1. The molecule has 1 saturated carbocycles. The van der Waals surface area contributed by atoms with Gasteiger partial charge in [0.15, 0.2) is 0 Å². The Morgan fingerprint density at radius 2 is 1.57 bits per heavy atom. The summed E-state index contributed by atoms with van der Waals surface area (Å²) >= 11 is 0. The van der Waals surface area contributed by atoms with Gasteiger partial charge in [0.05, 0.1) is 17.3 Å². The molecule has 1 aliphatic carbocycles. The van der Waals surface area contributed by atoms with Crippen LogP contribution in [0.3, 0.4) is 0 Å². The van der Waals surface area contributed by atoms with Crippen LogP contribution in [0.2, 0.25) is 0 Å². The summed E-state index contributed by atoms with van der Waals surface area (Å²) in [6.45, 7) is 3.65. The lowest BCUT2D eigenvalue weighted by molar-refractivity contribution is 0.0563. The van der Waals surface area contributed by atoms with E-state index in [-0.39, 0.29) is 35.9 Å². The summed E-state index contributed by atoms with van der Waals surface area (Å²) in [6.07, 6.45) is 5.62. The fraction of sp³-hybridized carbons (Fsp3) is 0.356. The van der Waals surface area contributed by atoms with Gasteiger partial charge in [0.2, 0.25) is 5.56 Å². The van der Waals surface area contributed by atoms with Crippen LogP contribution in [0.1, 0.15) is 72.5 Å².